The van der Waals surface area contributed by atoms with Crippen LogP contribution in [0.1, 0.15) is 26.0 Å². The fourth-order valence-electron chi connectivity index (χ4n) is 2.11. The standard InChI is InChI=1S/C13H22N6/c1-4-6-19-13(12(14)11(3)17-19)16-10(2)8-18-7-5-15-9-18/h5,7,9-10,16H,4,6,8,14H2,1-3H3. The number of imidazole rings is 1. The number of nitrogens with one attached hydrogen (secondary N) is 1. The van der Waals surface area contributed by atoms with Crippen LogP contribution in [0.25, 0.3) is 0 Å². The van der Waals surface area contributed by atoms with Crippen molar-refractivity contribution in [2.24, 2.45) is 0 Å². The van der Waals surface area contributed by atoms with Gasteiger partial charge in [-0.2, -0.15) is 5.10 Å². The molecular weight excluding hydrogens is 240 g/mol. The van der Waals surface area contributed by atoms with Gasteiger partial charge in [0.15, 0.2) is 0 Å². The van der Waals surface area contributed by atoms with Gasteiger partial charge in [0.25, 0.3) is 0 Å². The summed E-state index contributed by atoms with van der Waals surface area (Å²) in [7, 11) is 0. The molecule has 0 aliphatic rings. The van der Waals surface area contributed by atoms with E-state index in [-0.39, 0.29) is 6.04 Å². The van der Waals surface area contributed by atoms with Crippen LogP contribution >= 0.6 is 0 Å². The number of nitrogens with two attached hydrogens (primary N) is 1. The number of hydrogen-bond donors (Lipinski definition) is 2. The average molecular weight is 262 g/mol. The van der Waals surface area contributed by atoms with Crippen LogP contribution in [-0.4, -0.2) is 25.4 Å². The van der Waals surface area contributed by atoms with Gasteiger partial charge in [-0.15, -0.1) is 0 Å². The predicted octanol–water partition coefficient (Wildman–Crippen LogP) is 1.88. The molecule has 0 aliphatic carbocycles. The largest absolute Gasteiger partial charge is 0.394 e. The summed E-state index contributed by atoms with van der Waals surface area (Å²) in [6.45, 7) is 7.91. The van der Waals surface area contributed by atoms with Crippen molar-refractivity contribution in [3.63, 3.8) is 0 Å². The quantitative estimate of drug-likeness (QED) is 0.833. The van der Waals surface area contributed by atoms with Crippen LogP contribution in [0.2, 0.25) is 0 Å². The van der Waals surface area contributed by atoms with Gasteiger partial charge < -0.3 is 15.6 Å². The van der Waals surface area contributed by atoms with E-state index in [0.29, 0.717) is 0 Å². The number of aromatic nitrogens is 4. The highest BCUT2D eigenvalue weighted by Crippen LogP contribution is 2.23. The minimum absolute atomic E-state index is 0.253. The van der Waals surface area contributed by atoms with Crippen molar-refractivity contribution in [3.8, 4) is 0 Å². The molecule has 0 bridgehead atoms. The molecule has 2 aromatic heterocycles. The molecule has 0 saturated carbocycles. The third kappa shape index (κ3) is 3.07. The number of aryl methyl sites for hydroxylation is 2. The lowest BCUT2D eigenvalue weighted by Crippen LogP contribution is -2.23. The topological polar surface area (TPSA) is 73.7 Å². The summed E-state index contributed by atoms with van der Waals surface area (Å²) in [5, 5.41) is 7.91. The Morgan fingerprint density at radius 2 is 2.26 bits per heavy atom. The second-order valence-corrected chi connectivity index (χ2v) is 4.88. The molecule has 0 saturated heterocycles. The van der Waals surface area contributed by atoms with Crippen molar-refractivity contribution in [2.75, 3.05) is 11.1 Å². The summed E-state index contributed by atoms with van der Waals surface area (Å²) < 4.78 is 4.00. The van der Waals surface area contributed by atoms with E-state index in [1.54, 1.807) is 6.20 Å². The van der Waals surface area contributed by atoms with E-state index in [1.807, 2.05) is 28.7 Å². The molecule has 0 aromatic carbocycles. The molecule has 0 aliphatic heterocycles. The highest BCUT2D eigenvalue weighted by molar-refractivity contribution is 5.65. The molecule has 1 atom stereocenters. The Hall–Kier alpha value is -1.98. The van der Waals surface area contributed by atoms with Crippen molar-refractivity contribution < 1.29 is 0 Å². The maximum absolute atomic E-state index is 6.09. The van der Waals surface area contributed by atoms with Gasteiger partial charge in [0.05, 0.1) is 17.7 Å². The molecule has 3 N–H and O–H groups in total. The summed E-state index contributed by atoms with van der Waals surface area (Å²) in [4.78, 5) is 4.04. The Bertz CT molecular complexity index is 513. The molecule has 6 nitrogen and oxygen atoms in total. The van der Waals surface area contributed by atoms with Crippen LogP contribution < -0.4 is 11.1 Å². The lowest BCUT2D eigenvalue weighted by Gasteiger charge is -2.17. The van der Waals surface area contributed by atoms with E-state index in [9.17, 15) is 0 Å². The molecule has 0 amide bonds. The maximum Gasteiger partial charge on any atom is 0.148 e. The molecule has 0 spiro atoms. The minimum Gasteiger partial charge on any atom is -0.394 e. The first-order valence-electron chi connectivity index (χ1n) is 6.67. The van der Waals surface area contributed by atoms with E-state index >= 15 is 0 Å². The number of rotatable bonds is 6. The summed E-state index contributed by atoms with van der Waals surface area (Å²) in [5.74, 6) is 0.923. The molecule has 2 rings (SSSR count). The predicted molar refractivity (Wildman–Crippen MR) is 77.0 cm³/mol. The van der Waals surface area contributed by atoms with E-state index < -0.39 is 0 Å². The normalized spacial score (nSPS) is 12.6. The Morgan fingerprint density at radius 1 is 1.47 bits per heavy atom. The van der Waals surface area contributed by atoms with Gasteiger partial charge in [0.1, 0.15) is 5.82 Å². The molecule has 104 valence electrons. The van der Waals surface area contributed by atoms with Crippen LogP contribution in [0.15, 0.2) is 18.7 Å². The zero-order valence-corrected chi connectivity index (χ0v) is 11.8. The minimum atomic E-state index is 0.253. The van der Waals surface area contributed by atoms with Crippen LogP contribution in [0, 0.1) is 6.92 Å². The molecule has 6 heteroatoms. The van der Waals surface area contributed by atoms with Gasteiger partial charge in [-0.25, -0.2) is 9.67 Å². The number of nitrogens with zero attached hydrogens (tertiary/aromatic N) is 4. The van der Waals surface area contributed by atoms with Crippen molar-refractivity contribution in [1.29, 1.82) is 0 Å². The Morgan fingerprint density at radius 3 is 2.89 bits per heavy atom. The molecular formula is C13H22N6. The van der Waals surface area contributed by atoms with Crippen molar-refractivity contribution in [1.82, 2.24) is 19.3 Å². The van der Waals surface area contributed by atoms with Gasteiger partial charge >= 0.3 is 0 Å². The van der Waals surface area contributed by atoms with Gasteiger partial charge in [0, 0.05) is 31.5 Å². The first-order chi connectivity index (χ1) is 9.11. The fourth-order valence-corrected chi connectivity index (χ4v) is 2.11. The fraction of sp³-hybridized carbons (Fsp3) is 0.538. The maximum atomic E-state index is 6.09. The van der Waals surface area contributed by atoms with Gasteiger partial charge in [0.2, 0.25) is 0 Å². The van der Waals surface area contributed by atoms with Gasteiger partial charge in [-0.1, -0.05) is 6.92 Å². The molecule has 19 heavy (non-hydrogen) atoms. The zero-order chi connectivity index (χ0) is 13.8. The summed E-state index contributed by atoms with van der Waals surface area (Å²) in [5.41, 5.74) is 7.71. The van der Waals surface area contributed by atoms with Crippen LogP contribution in [0.4, 0.5) is 11.5 Å². The van der Waals surface area contributed by atoms with Crippen molar-refractivity contribution >= 4 is 11.5 Å². The molecule has 2 aromatic rings. The van der Waals surface area contributed by atoms with E-state index in [0.717, 1.165) is 36.7 Å². The monoisotopic (exact) mass is 262 g/mol. The van der Waals surface area contributed by atoms with E-state index in [1.165, 1.54) is 0 Å². The first kappa shape index (κ1) is 13.5. The highest BCUT2D eigenvalue weighted by Gasteiger charge is 2.14. The molecule has 0 fully saturated rings. The SMILES string of the molecule is CCCn1nc(C)c(N)c1NC(C)Cn1ccnc1. The highest BCUT2D eigenvalue weighted by atomic mass is 15.3. The zero-order valence-electron chi connectivity index (χ0n) is 11.8. The second kappa shape index (κ2) is 5.77. The smallest absolute Gasteiger partial charge is 0.148 e. The third-order valence-electron chi connectivity index (χ3n) is 3.04. The number of nitrogen functional groups attached to an aromatic ring is 1. The van der Waals surface area contributed by atoms with Gasteiger partial charge in [-0.05, 0) is 20.3 Å². The number of anilines is 2. The molecule has 2 heterocycles. The van der Waals surface area contributed by atoms with E-state index in [4.69, 9.17) is 5.73 Å². The first-order valence-corrected chi connectivity index (χ1v) is 6.67. The summed E-state index contributed by atoms with van der Waals surface area (Å²) in [6, 6.07) is 0.253. The van der Waals surface area contributed by atoms with Crippen LogP contribution in [0.3, 0.4) is 0 Å². The van der Waals surface area contributed by atoms with E-state index in [2.05, 4.69) is 29.2 Å². The van der Waals surface area contributed by atoms with Crippen molar-refractivity contribution in [2.45, 2.75) is 46.3 Å². The molecule has 0 radical (unpaired) electrons. The Kier molecular flexibility index (Phi) is 4.09. The lowest BCUT2D eigenvalue weighted by molar-refractivity contribution is 0.579. The third-order valence-corrected chi connectivity index (χ3v) is 3.04. The van der Waals surface area contributed by atoms with Crippen molar-refractivity contribution in [3.05, 3.63) is 24.4 Å². The summed E-state index contributed by atoms with van der Waals surface area (Å²) >= 11 is 0. The summed E-state index contributed by atoms with van der Waals surface area (Å²) in [6.07, 6.45) is 6.59. The Balaban J connectivity index is 2.09. The number of hydrogen-bond acceptors (Lipinski definition) is 4. The lowest BCUT2D eigenvalue weighted by atomic mass is 10.3. The van der Waals surface area contributed by atoms with Crippen LogP contribution in [0.5, 0.6) is 0 Å². The second-order valence-electron chi connectivity index (χ2n) is 4.88. The average Bonchev–Trinajstić information content (AvgIpc) is 2.94. The van der Waals surface area contributed by atoms with Gasteiger partial charge in [-0.3, -0.25) is 0 Å². The Labute approximate surface area is 113 Å². The molecule has 1 unspecified atom stereocenters. The van der Waals surface area contributed by atoms with Crippen LogP contribution in [-0.2, 0) is 13.1 Å².